The Morgan fingerprint density at radius 1 is 1.45 bits per heavy atom. The van der Waals surface area contributed by atoms with Crippen molar-refractivity contribution in [1.82, 2.24) is 19.3 Å². The van der Waals surface area contributed by atoms with Crippen LogP contribution in [0.25, 0.3) is 0 Å². The summed E-state index contributed by atoms with van der Waals surface area (Å²) in [5, 5.41) is 3.25. The first-order valence-electron chi connectivity index (χ1n) is 6.67. The number of nitrogens with one attached hydrogen (secondary N) is 2. The minimum Gasteiger partial charge on any atom is -0.445 e. The number of hydrogen-bond donors (Lipinski definition) is 2. The van der Waals surface area contributed by atoms with Gasteiger partial charge in [-0.05, 0) is 19.9 Å². The van der Waals surface area contributed by atoms with Gasteiger partial charge in [0.15, 0.2) is 0 Å². The lowest BCUT2D eigenvalue weighted by Crippen LogP contribution is -2.39. The highest BCUT2D eigenvalue weighted by Crippen LogP contribution is 2.03. The van der Waals surface area contributed by atoms with E-state index in [-0.39, 0.29) is 6.54 Å². The smallest absolute Gasteiger partial charge is 0.279 e. The van der Waals surface area contributed by atoms with E-state index < -0.39 is 10.2 Å². The lowest BCUT2D eigenvalue weighted by Gasteiger charge is -2.17. The second-order valence-electron chi connectivity index (χ2n) is 4.97. The van der Waals surface area contributed by atoms with Crippen LogP contribution in [0.5, 0.6) is 0 Å². The lowest BCUT2D eigenvalue weighted by atomic mass is 10.3. The van der Waals surface area contributed by atoms with Gasteiger partial charge in [0.2, 0.25) is 5.89 Å². The maximum atomic E-state index is 12.0. The predicted octanol–water partition coefficient (Wildman–Crippen LogP) is 0.637. The zero-order valence-corrected chi connectivity index (χ0v) is 13.3. The molecule has 0 aromatic carbocycles. The van der Waals surface area contributed by atoms with Crippen LogP contribution in [-0.4, -0.2) is 43.9 Å². The van der Waals surface area contributed by atoms with E-state index in [0.29, 0.717) is 24.2 Å². The molecule has 0 saturated carbocycles. The van der Waals surface area contributed by atoms with Gasteiger partial charge in [-0.1, -0.05) is 13.8 Å². The van der Waals surface area contributed by atoms with E-state index >= 15 is 0 Å². The van der Waals surface area contributed by atoms with Gasteiger partial charge in [-0.2, -0.15) is 17.4 Å². The molecule has 1 rings (SSSR count). The molecular weight excluding hydrogens is 280 g/mol. The van der Waals surface area contributed by atoms with Crippen molar-refractivity contribution in [2.24, 2.45) is 0 Å². The Morgan fingerprint density at radius 3 is 2.70 bits per heavy atom. The summed E-state index contributed by atoms with van der Waals surface area (Å²) in [5.41, 5.74) is 0. The molecule has 0 fully saturated rings. The van der Waals surface area contributed by atoms with Gasteiger partial charge >= 0.3 is 0 Å². The van der Waals surface area contributed by atoms with Crippen LogP contribution in [0.4, 0.5) is 0 Å². The highest BCUT2D eigenvalue weighted by molar-refractivity contribution is 7.87. The minimum absolute atomic E-state index is 0.0603. The van der Waals surface area contributed by atoms with E-state index in [1.165, 1.54) is 4.31 Å². The van der Waals surface area contributed by atoms with Gasteiger partial charge in [0.1, 0.15) is 5.76 Å². The van der Waals surface area contributed by atoms with Crippen LogP contribution >= 0.6 is 0 Å². The Morgan fingerprint density at radius 2 is 2.15 bits per heavy atom. The number of oxazole rings is 1. The summed E-state index contributed by atoms with van der Waals surface area (Å²) < 4.78 is 32.9. The second-order valence-corrected chi connectivity index (χ2v) is 6.84. The van der Waals surface area contributed by atoms with Crippen molar-refractivity contribution < 1.29 is 12.8 Å². The Labute approximate surface area is 120 Å². The molecule has 1 aromatic heterocycles. The van der Waals surface area contributed by atoms with Crippen molar-refractivity contribution in [2.75, 3.05) is 20.1 Å². The Balaban J connectivity index is 2.35. The summed E-state index contributed by atoms with van der Waals surface area (Å²) in [6.07, 6.45) is 2.32. The first kappa shape index (κ1) is 17.1. The van der Waals surface area contributed by atoms with Crippen LogP contribution < -0.4 is 10.0 Å². The summed E-state index contributed by atoms with van der Waals surface area (Å²) in [7, 11) is -1.94. The first-order valence-corrected chi connectivity index (χ1v) is 8.11. The van der Waals surface area contributed by atoms with Crippen molar-refractivity contribution in [3.05, 3.63) is 17.8 Å². The Bertz CT molecular complexity index is 499. The van der Waals surface area contributed by atoms with Gasteiger partial charge in [-0.3, -0.25) is 0 Å². The van der Waals surface area contributed by atoms with E-state index in [2.05, 4.69) is 28.9 Å². The minimum atomic E-state index is -3.49. The van der Waals surface area contributed by atoms with Crippen LogP contribution in [0.2, 0.25) is 0 Å². The quantitative estimate of drug-likeness (QED) is 0.654. The molecule has 0 bridgehead atoms. The van der Waals surface area contributed by atoms with Crippen LogP contribution in [0.1, 0.15) is 31.9 Å². The molecule has 2 N–H and O–H groups in total. The fourth-order valence-electron chi connectivity index (χ4n) is 1.56. The zero-order chi connectivity index (χ0) is 15.2. The van der Waals surface area contributed by atoms with Gasteiger partial charge in [0.25, 0.3) is 10.2 Å². The SMILES string of the molecule is Cc1cnc(CNS(=O)(=O)N(C)CCCNC(C)C)o1. The zero-order valence-electron chi connectivity index (χ0n) is 12.5. The van der Waals surface area contributed by atoms with Gasteiger partial charge in [0.05, 0.1) is 12.7 Å². The van der Waals surface area contributed by atoms with Crippen molar-refractivity contribution in [1.29, 1.82) is 0 Å². The molecule has 0 aliphatic heterocycles. The van der Waals surface area contributed by atoms with Crippen LogP contribution in [-0.2, 0) is 16.8 Å². The monoisotopic (exact) mass is 304 g/mol. The summed E-state index contributed by atoms with van der Waals surface area (Å²) in [6, 6.07) is 0.406. The molecule has 1 heterocycles. The molecule has 0 aliphatic rings. The topological polar surface area (TPSA) is 87.5 Å². The molecule has 7 nitrogen and oxygen atoms in total. The molecule has 0 unspecified atom stereocenters. The molecule has 1 aromatic rings. The third-order valence-corrected chi connectivity index (χ3v) is 4.20. The van der Waals surface area contributed by atoms with Crippen LogP contribution in [0.15, 0.2) is 10.6 Å². The predicted molar refractivity (Wildman–Crippen MR) is 77.4 cm³/mol. The maximum absolute atomic E-state index is 12.0. The summed E-state index contributed by atoms with van der Waals surface area (Å²) in [4.78, 5) is 3.95. The van der Waals surface area contributed by atoms with E-state index in [9.17, 15) is 8.42 Å². The number of hydrogen-bond acceptors (Lipinski definition) is 5. The molecule has 0 radical (unpaired) electrons. The summed E-state index contributed by atoms with van der Waals surface area (Å²) >= 11 is 0. The molecule has 0 saturated heterocycles. The van der Waals surface area contributed by atoms with Crippen molar-refractivity contribution in [3.8, 4) is 0 Å². The van der Waals surface area contributed by atoms with Crippen molar-refractivity contribution >= 4 is 10.2 Å². The second kappa shape index (κ2) is 7.72. The van der Waals surface area contributed by atoms with Crippen LogP contribution in [0, 0.1) is 6.92 Å². The molecule has 0 spiro atoms. The average Bonchev–Trinajstić information content (AvgIpc) is 2.77. The third-order valence-electron chi connectivity index (χ3n) is 2.69. The molecule has 0 amide bonds. The van der Waals surface area contributed by atoms with Crippen LogP contribution in [0.3, 0.4) is 0 Å². The van der Waals surface area contributed by atoms with E-state index in [1.807, 2.05) is 0 Å². The van der Waals surface area contributed by atoms with Gasteiger partial charge in [-0.15, -0.1) is 0 Å². The largest absolute Gasteiger partial charge is 0.445 e. The summed E-state index contributed by atoms with van der Waals surface area (Å²) in [5.74, 6) is 1.02. The fourth-order valence-corrected chi connectivity index (χ4v) is 2.45. The molecule has 20 heavy (non-hydrogen) atoms. The molecule has 0 aliphatic carbocycles. The van der Waals surface area contributed by atoms with Crippen molar-refractivity contribution in [3.63, 3.8) is 0 Å². The van der Waals surface area contributed by atoms with E-state index in [1.54, 1.807) is 20.2 Å². The molecule has 8 heteroatoms. The average molecular weight is 304 g/mol. The molecule has 0 atom stereocenters. The highest BCUT2D eigenvalue weighted by Gasteiger charge is 2.17. The number of rotatable bonds is 9. The summed E-state index contributed by atoms with van der Waals surface area (Å²) in [6.45, 7) is 7.18. The Hall–Kier alpha value is -0.960. The highest BCUT2D eigenvalue weighted by atomic mass is 32.2. The van der Waals surface area contributed by atoms with Gasteiger partial charge < -0.3 is 9.73 Å². The van der Waals surface area contributed by atoms with E-state index in [4.69, 9.17) is 4.42 Å². The van der Waals surface area contributed by atoms with Crippen molar-refractivity contribution in [2.45, 2.75) is 39.8 Å². The first-order chi connectivity index (χ1) is 9.31. The molecule has 116 valence electrons. The molecular formula is C12H24N4O3S. The lowest BCUT2D eigenvalue weighted by molar-refractivity contribution is 0.427. The third kappa shape index (κ3) is 6.00. The maximum Gasteiger partial charge on any atom is 0.279 e. The Kier molecular flexibility index (Phi) is 6.60. The van der Waals surface area contributed by atoms with Gasteiger partial charge in [-0.25, -0.2) is 4.98 Å². The number of aryl methyl sites for hydroxylation is 1. The normalized spacial score (nSPS) is 12.5. The standard InChI is InChI=1S/C12H24N4O3S/c1-10(2)13-6-5-7-16(4)20(17,18)15-9-12-14-8-11(3)19-12/h8,10,13,15H,5-7,9H2,1-4H3. The van der Waals surface area contributed by atoms with E-state index in [0.717, 1.165) is 13.0 Å². The fraction of sp³-hybridized carbons (Fsp3) is 0.750. The number of aromatic nitrogens is 1. The number of nitrogens with zero attached hydrogens (tertiary/aromatic N) is 2. The van der Waals surface area contributed by atoms with Gasteiger partial charge in [0, 0.05) is 19.6 Å².